The summed E-state index contributed by atoms with van der Waals surface area (Å²) in [6.45, 7) is 7.87. The Morgan fingerprint density at radius 2 is 0.595 bits per heavy atom. The van der Waals surface area contributed by atoms with Crippen LogP contribution in [0, 0.1) is 40.5 Å². The Hall–Kier alpha value is -16.0. The summed E-state index contributed by atoms with van der Waals surface area (Å²) in [4.78, 5) is 42.6. The van der Waals surface area contributed by atoms with E-state index in [-0.39, 0.29) is 50.5 Å². The van der Waals surface area contributed by atoms with E-state index in [9.17, 15) is 72.3 Å². The van der Waals surface area contributed by atoms with Crippen molar-refractivity contribution in [2.45, 2.75) is 44.4 Å². The third-order valence-corrected chi connectivity index (χ3v) is 22.2. The van der Waals surface area contributed by atoms with Crippen molar-refractivity contribution in [3.05, 3.63) is 320 Å². The number of nitrogens with zero attached hydrogens (tertiary/aromatic N) is 4. The molecule has 1 aliphatic rings. The molecule has 0 aliphatic carbocycles. The van der Waals surface area contributed by atoms with Crippen molar-refractivity contribution in [1.82, 2.24) is 0 Å². The molecule has 0 radical (unpaired) electrons. The number of hydrogen-bond acceptors (Lipinski definition) is 24. The van der Waals surface area contributed by atoms with Gasteiger partial charge in [-0.05, 0) is 107 Å². The number of alkyl halides is 3. The molecule has 0 saturated carbocycles. The molecule has 21 aromatic rings. The first-order valence-corrected chi connectivity index (χ1v) is 39.7. The predicted molar refractivity (Wildman–Crippen MR) is 470 cm³/mol. The van der Waals surface area contributed by atoms with Crippen LogP contribution in [0.2, 0.25) is 0 Å². The zero-order valence-corrected chi connectivity index (χ0v) is 67.7. The quantitative estimate of drug-likeness (QED) is 0.0445. The molecular formula is C93H66BF3N4O24S. The van der Waals surface area contributed by atoms with Crippen LogP contribution >= 0.6 is 0 Å². The Morgan fingerprint density at radius 3 is 1.01 bits per heavy atom. The molecule has 33 heteroatoms. The molecule has 0 amide bonds. The van der Waals surface area contributed by atoms with Gasteiger partial charge in [0.1, 0.15) is 71.8 Å². The highest BCUT2D eigenvalue weighted by Crippen LogP contribution is 2.47. The van der Waals surface area contributed by atoms with Crippen molar-refractivity contribution < 1.29 is 105 Å². The van der Waals surface area contributed by atoms with Crippen molar-refractivity contribution in [1.29, 1.82) is 0 Å². The van der Waals surface area contributed by atoms with Gasteiger partial charge in [-0.15, -0.1) is 0 Å². The van der Waals surface area contributed by atoms with Crippen molar-refractivity contribution in [2.75, 3.05) is 14.2 Å². The predicted octanol–water partition coefficient (Wildman–Crippen LogP) is 24.7. The number of furan rings is 7. The Labute approximate surface area is 707 Å². The lowest BCUT2D eigenvalue weighted by atomic mass is 9.78. The van der Waals surface area contributed by atoms with E-state index >= 15 is 0 Å². The fraction of sp³-hybridized carbons (Fsp3) is 0.0968. The summed E-state index contributed by atoms with van der Waals surface area (Å²) in [5.41, 5.74) is 0.959. The van der Waals surface area contributed by atoms with E-state index in [1.807, 2.05) is 167 Å². The van der Waals surface area contributed by atoms with Crippen LogP contribution in [-0.4, -0.2) is 76.4 Å². The number of halogens is 3. The lowest BCUT2D eigenvalue weighted by Crippen LogP contribution is -2.41. The molecule has 0 atom stereocenters. The summed E-state index contributed by atoms with van der Waals surface area (Å²) in [6.07, 6.45) is 0. The van der Waals surface area contributed by atoms with E-state index in [2.05, 4.69) is 22.4 Å². The summed E-state index contributed by atoms with van der Waals surface area (Å²) >= 11 is 0. The molecule has 22 rings (SSSR count). The molecule has 0 spiro atoms. The number of benzene rings is 14. The van der Waals surface area contributed by atoms with Crippen LogP contribution in [0.4, 0.5) is 35.9 Å². The molecule has 8 heterocycles. The van der Waals surface area contributed by atoms with Gasteiger partial charge in [0.2, 0.25) is 0 Å². The molecule has 28 nitrogen and oxygen atoms in total. The highest BCUT2D eigenvalue weighted by molar-refractivity contribution is 7.88. The first kappa shape index (κ1) is 83.6. The molecule has 1 saturated heterocycles. The number of non-ortho nitro benzene ring substituents is 4. The minimum Gasteiger partial charge on any atom is -0.504 e. The van der Waals surface area contributed by atoms with Crippen LogP contribution < -0.4 is 19.1 Å². The molecule has 14 aromatic carbocycles. The maximum atomic E-state index is 12.5. The maximum absolute atomic E-state index is 12.5. The Kier molecular flexibility index (Phi) is 22.2. The van der Waals surface area contributed by atoms with Gasteiger partial charge in [-0.1, -0.05) is 176 Å². The molecule has 632 valence electrons. The Morgan fingerprint density at radius 1 is 0.317 bits per heavy atom. The minimum absolute atomic E-state index is 0.0141. The zero-order chi connectivity index (χ0) is 88.8. The van der Waals surface area contributed by atoms with Gasteiger partial charge in [-0.2, -0.15) is 21.6 Å². The summed E-state index contributed by atoms with van der Waals surface area (Å²) in [5, 5.41) is 74.0. The van der Waals surface area contributed by atoms with Crippen molar-refractivity contribution >= 4 is 199 Å². The third-order valence-electron chi connectivity index (χ3n) is 21.2. The SMILES string of the molecule is CC1(C)OB(c2ccc([N+](=O)[O-])c3c2oc2ccccc23)OC1(C)C.COc1ccc([N+](=O)[O-])c2c1oc1ccccc12.COc1cccc2c1oc1ccccc12.O=[N+]([O-])c1ccc(O)c2oc3ccccc3c12.O=[N+]([O-])c1ccc(OS(=O)(=O)C(F)(F)F)c2oc3ccccc3c12.Oc1cccc2c1oc1ccccc12.c1ccc2c(c1)oc1ccccc12. The maximum Gasteiger partial charge on any atom is 0.534 e. The molecule has 2 N–H and O–H groups in total. The van der Waals surface area contributed by atoms with Crippen LogP contribution in [0.25, 0.3) is 154 Å². The molecule has 0 unspecified atom stereocenters. The minimum atomic E-state index is -5.94. The van der Waals surface area contributed by atoms with Gasteiger partial charge >= 0.3 is 22.7 Å². The number of para-hydroxylation sites is 10. The van der Waals surface area contributed by atoms with Crippen LogP contribution in [0.5, 0.6) is 28.7 Å². The van der Waals surface area contributed by atoms with Gasteiger partial charge in [0, 0.05) is 83.6 Å². The first-order valence-electron chi connectivity index (χ1n) is 38.3. The van der Waals surface area contributed by atoms with Crippen molar-refractivity contribution in [3.63, 3.8) is 0 Å². The second-order valence-electron chi connectivity index (χ2n) is 29.2. The number of phenolic OH excluding ortho intramolecular Hbond substituents is 2. The number of aromatic hydroxyl groups is 2. The summed E-state index contributed by atoms with van der Waals surface area (Å²) in [6, 6.07) is 81.0. The van der Waals surface area contributed by atoms with E-state index in [4.69, 9.17) is 49.7 Å². The zero-order valence-electron chi connectivity index (χ0n) is 66.8. The number of nitro benzene ring substituents is 4. The fourth-order valence-corrected chi connectivity index (χ4v) is 15.1. The second-order valence-corrected chi connectivity index (χ2v) is 30.8. The van der Waals surface area contributed by atoms with Gasteiger partial charge in [0.25, 0.3) is 22.7 Å². The molecule has 7 aromatic heterocycles. The van der Waals surface area contributed by atoms with Crippen molar-refractivity contribution in [2.24, 2.45) is 0 Å². The Bertz CT molecular complexity index is 7920. The highest BCUT2D eigenvalue weighted by atomic mass is 32.2. The van der Waals surface area contributed by atoms with Gasteiger partial charge in [-0.25, -0.2) is 0 Å². The lowest BCUT2D eigenvalue weighted by molar-refractivity contribution is -0.383. The van der Waals surface area contributed by atoms with Crippen LogP contribution in [0.15, 0.2) is 310 Å². The van der Waals surface area contributed by atoms with E-state index in [1.165, 1.54) is 54.3 Å². The van der Waals surface area contributed by atoms with Gasteiger partial charge in [0.05, 0.1) is 45.1 Å². The Balaban J connectivity index is 0.000000110. The molecule has 126 heavy (non-hydrogen) atoms. The van der Waals surface area contributed by atoms with E-state index < -0.39 is 70.7 Å². The average Bonchev–Trinajstić information content (AvgIpc) is 1.43. The van der Waals surface area contributed by atoms with Gasteiger partial charge in [0.15, 0.2) is 56.7 Å². The highest BCUT2D eigenvalue weighted by Gasteiger charge is 2.53. The molecule has 1 aliphatic heterocycles. The number of ether oxygens (including phenoxy) is 2. The van der Waals surface area contributed by atoms with Gasteiger partial charge < -0.3 is 64.1 Å². The smallest absolute Gasteiger partial charge is 0.504 e. The largest absolute Gasteiger partial charge is 0.534 e. The fourth-order valence-electron chi connectivity index (χ4n) is 14.6. The number of fused-ring (bicyclic) bond motifs is 21. The lowest BCUT2D eigenvalue weighted by Gasteiger charge is -2.32. The van der Waals surface area contributed by atoms with Crippen LogP contribution in [-0.2, 0) is 19.4 Å². The van der Waals surface area contributed by atoms with Crippen molar-refractivity contribution in [3.8, 4) is 28.7 Å². The third kappa shape index (κ3) is 15.7. The normalized spacial score (nSPS) is 12.9. The molecular weight excluding hydrogens is 1660 g/mol. The monoisotopic (exact) mass is 1720 g/mol. The summed E-state index contributed by atoms with van der Waals surface area (Å²) in [5.74, 6) is 0.583. The number of nitro groups is 4. The van der Waals surface area contributed by atoms with Crippen LogP contribution in [0.3, 0.4) is 0 Å². The summed E-state index contributed by atoms with van der Waals surface area (Å²) < 4.78 is 126. The second kappa shape index (κ2) is 33.4. The van der Waals surface area contributed by atoms with Gasteiger partial charge in [-0.3, -0.25) is 40.5 Å². The van der Waals surface area contributed by atoms with E-state index in [0.717, 1.165) is 72.7 Å². The topological polar surface area (TPSA) is 385 Å². The molecule has 0 bridgehead atoms. The van der Waals surface area contributed by atoms with E-state index in [0.29, 0.717) is 71.6 Å². The average molecular weight is 1720 g/mol. The summed E-state index contributed by atoms with van der Waals surface area (Å²) in [7, 11) is -3.42. The standard InChI is InChI=1S/C18H18BNO5.C13H6F3NO6S.C13H9NO4.C13H10O2.C12H7NO4.C12H8O2.C12H8O/c1-17(2)18(3,4)25-19(24-17)12-9-10-13(20(21)22)15-11-7-5-6-8-14(11)23-16(12)15;14-13(15,16)24(20,21)23-10-6-5-8(17(18)19)11-7-3-1-2-4-9(7)22-12(10)11;1-17-11-7-6-9(14(15)16)12-8-4-2-3-5-10(8)18-13(11)12;1-14-12-8-4-6-10-9-5-2-3-7-11(9)15-13(10)12;14-9-6-5-8(13(15)16)11-7-3-1-2-4-10(7)17-12(9)11;13-10-6-3-5-9-8-4-1-2-7-11(8)14-12(9)10;1-3-7-11-9(5-1)10-6-2-4-8-12(10)13-11/h5-10H,1-4H3;1-6H;2-7H,1H3;2-8H,1H3;1-6,14H;1-7,13H;1-8H. The number of phenols is 2. The number of methoxy groups -OCH3 is 2. The number of hydrogen-bond donors (Lipinski definition) is 2. The molecule has 1 fully saturated rings. The van der Waals surface area contributed by atoms with E-state index in [1.54, 1.807) is 79.9 Å². The first-order chi connectivity index (χ1) is 60.4. The van der Waals surface area contributed by atoms with Crippen LogP contribution in [0.1, 0.15) is 27.7 Å². The number of rotatable bonds is 9.